The molecular weight excluding hydrogens is 288 g/mol. The maximum atomic E-state index is 11.6. The Bertz CT molecular complexity index is 612. The number of aliphatic hydroxyl groups excluding tert-OH is 1. The number of rotatable bonds is 5. The average molecular weight is 305 g/mol. The number of hydrogen-bond donors (Lipinski definition) is 3. The van der Waals surface area contributed by atoms with E-state index in [0.29, 0.717) is 17.3 Å². The summed E-state index contributed by atoms with van der Waals surface area (Å²) >= 11 is 5.85. The van der Waals surface area contributed by atoms with Gasteiger partial charge in [-0.1, -0.05) is 35.9 Å². The number of carbonyl (C=O) groups is 1. The van der Waals surface area contributed by atoms with E-state index < -0.39 is 12.0 Å². The largest absolute Gasteiger partial charge is 0.384 e. The monoisotopic (exact) mass is 304 g/mol. The lowest BCUT2D eigenvalue weighted by Gasteiger charge is -2.14. The number of hydrogen-bond acceptors (Lipinski definition) is 3. The van der Waals surface area contributed by atoms with Gasteiger partial charge in [0.25, 0.3) is 5.91 Å². The molecule has 0 unspecified atom stereocenters. The Morgan fingerprint density at radius 3 is 2.38 bits per heavy atom. The molecule has 0 fully saturated rings. The highest BCUT2D eigenvalue weighted by atomic mass is 35.5. The van der Waals surface area contributed by atoms with Crippen LogP contribution in [0.25, 0.3) is 0 Å². The fraction of sp³-hybridized carbons (Fsp3) is 0.188. The molecule has 0 aliphatic heterocycles. The summed E-state index contributed by atoms with van der Waals surface area (Å²) in [6.45, 7) is 2.04. The van der Waals surface area contributed by atoms with Crippen LogP contribution in [0.15, 0.2) is 48.5 Å². The van der Waals surface area contributed by atoms with E-state index in [1.165, 1.54) is 6.92 Å². The van der Waals surface area contributed by atoms with Gasteiger partial charge in [-0.15, -0.1) is 0 Å². The van der Waals surface area contributed by atoms with Crippen molar-refractivity contribution in [2.75, 3.05) is 10.6 Å². The zero-order valence-electron chi connectivity index (χ0n) is 11.6. The first-order chi connectivity index (χ1) is 10.1. The molecule has 3 N–H and O–H groups in total. The first kappa shape index (κ1) is 15.4. The second-order valence-electron chi connectivity index (χ2n) is 4.69. The number of nitrogens with one attached hydrogen (secondary N) is 2. The summed E-state index contributed by atoms with van der Waals surface area (Å²) in [5.41, 5.74) is 2.51. The molecule has 2 rings (SSSR count). The molecule has 2 aromatic rings. The molecule has 0 aliphatic rings. The van der Waals surface area contributed by atoms with Crippen molar-refractivity contribution in [3.05, 3.63) is 59.1 Å². The lowest BCUT2D eigenvalue weighted by atomic mass is 10.2. The number of amides is 1. The Hall–Kier alpha value is -2.04. The van der Waals surface area contributed by atoms with Gasteiger partial charge in [0.05, 0.1) is 11.4 Å². The molecule has 0 aromatic heterocycles. The van der Waals surface area contributed by atoms with E-state index in [2.05, 4.69) is 10.6 Å². The second-order valence-corrected chi connectivity index (χ2v) is 5.13. The zero-order chi connectivity index (χ0) is 15.2. The van der Waals surface area contributed by atoms with Crippen molar-refractivity contribution >= 4 is 28.9 Å². The Kier molecular flexibility index (Phi) is 5.20. The highest BCUT2D eigenvalue weighted by Crippen LogP contribution is 2.22. The molecule has 0 aliphatic carbocycles. The Labute approximate surface area is 128 Å². The van der Waals surface area contributed by atoms with Gasteiger partial charge in [-0.25, -0.2) is 0 Å². The summed E-state index contributed by atoms with van der Waals surface area (Å²) in [5.74, 6) is -0.434. The fourth-order valence-corrected chi connectivity index (χ4v) is 1.91. The van der Waals surface area contributed by atoms with E-state index in [0.717, 1.165) is 11.3 Å². The highest BCUT2D eigenvalue weighted by Gasteiger charge is 2.10. The minimum Gasteiger partial charge on any atom is -0.384 e. The van der Waals surface area contributed by atoms with Crippen molar-refractivity contribution in [3.63, 3.8) is 0 Å². The summed E-state index contributed by atoms with van der Waals surface area (Å²) in [6, 6.07) is 14.9. The number of carbonyl (C=O) groups excluding carboxylic acids is 1. The van der Waals surface area contributed by atoms with Gasteiger partial charge in [-0.05, 0) is 36.8 Å². The Morgan fingerprint density at radius 1 is 1.14 bits per heavy atom. The Balaban J connectivity index is 2.06. The summed E-state index contributed by atoms with van der Waals surface area (Å²) in [5, 5.41) is 15.9. The minimum absolute atomic E-state index is 0.434. The van der Waals surface area contributed by atoms with Gasteiger partial charge < -0.3 is 15.7 Å². The third-order valence-electron chi connectivity index (χ3n) is 2.96. The summed E-state index contributed by atoms with van der Waals surface area (Å²) in [4.78, 5) is 11.6. The minimum atomic E-state index is -1.05. The van der Waals surface area contributed by atoms with Crippen LogP contribution in [-0.4, -0.2) is 17.1 Å². The standard InChI is InChI=1S/C16H17ClN2O2/c1-11(20)16(21)19-15-5-3-2-4-14(15)18-10-12-6-8-13(17)9-7-12/h2-9,11,18,20H,10H2,1H3,(H,19,21)/t11-/m1/s1. The molecule has 2 aromatic carbocycles. The van der Waals surface area contributed by atoms with E-state index >= 15 is 0 Å². The zero-order valence-corrected chi connectivity index (χ0v) is 12.4. The van der Waals surface area contributed by atoms with Gasteiger partial charge in [0, 0.05) is 11.6 Å². The van der Waals surface area contributed by atoms with Crippen molar-refractivity contribution in [1.82, 2.24) is 0 Å². The molecule has 5 heteroatoms. The molecule has 4 nitrogen and oxygen atoms in total. The highest BCUT2D eigenvalue weighted by molar-refractivity contribution is 6.30. The summed E-state index contributed by atoms with van der Waals surface area (Å²) in [7, 11) is 0. The van der Waals surface area contributed by atoms with Crippen LogP contribution in [0.5, 0.6) is 0 Å². The molecule has 1 amide bonds. The van der Waals surface area contributed by atoms with E-state index in [9.17, 15) is 9.90 Å². The molecule has 0 bridgehead atoms. The second kappa shape index (κ2) is 7.11. The predicted molar refractivity (Wildman–Crippen MR) is 85.5 cm³/mol. The molecule has 0 saturated carbocycles. The van der Waals surface area contributed by atoms with E-state index in [4.69, 9.17) is 11.6 Å². The predicted octanol–water partition coefficient (Wildman–Crippen LogP) is 3.27. The first-order valence-corrected chi connectivity index (χ1v) is 7.00. The van der Waals surface area contributed by atoms with Crippen LogP contribution in [0.4, 0.5) is 11.4 Å². The van der Waals surface area contributed by atoms with Crippen LogP contribution < -0.4 is 10.6 Å². The van der Waals surface area contributed by atoms with Gasteiger partial charge in [-0.3, -0.25) is 4.79 Å². The van der Waals surface area contributed by atoms with E-state index in [-0.39, 0.29) is 0 Å². The van der Waals surface area contributed by atoms with Crippen LogP contribution in [0.1, 0.15) is 12.5 Å². The van der Waals surface area contributed by atoms with Crippen molar-refractivity contribution in [1.29, 1.82) is 0 Å². The lowest BCUT2D eigenvalue weighted by Crippen LogP contribution is -2.24. The SMILES string of the molecule is C[C@@H](O)C(=O)Nc1ccccc1NCc1ccc(Cl)cc1. The average Bonchev–Trinajstić information content (AvgIpc) is 2.48. The van der Waals surface area contributed by atoms with Crippen LogP contribution in [0, 0.1) is 0 Å². The molecular formula is C16H17ClN2O2. The van der Waals surface area contributed by atoms with Crippen molar-refractivity contribution in [2.24, 2.45) is 0 Å². The maximum Gasteiger partial charge on any atom is 0.252 e. The van der Waals surface area contributed by atoms with Gasteiger partial charge in [-0.2, -0.15) is 0 Å². The molecule has 0 radical (unpaired) electrons. The molecule has 0 saturated heterocycles. The number of aliphatic hydroxyl groups is 1. The first-order valence-electron chi connectivity index (χ1n) is 6.62. The molecule has 110 valence electrons. The fourth-order valence-electron chi connectivity index (χ4n) is 1.78. The maximum absolute atomic E-state index is 11.6. The third kappa shape index (κ3) is 4.48. The molecule has 0 spiro atoms. The Morgan fingerprint density at radius 2 is 1.76 bits per heavy atom. The summed E-state index contributed by atoms with van der Waals surface area (Å²) < 4.78 is 0. The van der Waals surface area contributed by atoms with Crippen LogP contribution in [0.3, 0.4) is 0 Å². The van der Waals surface area contributed by atoms with Crippen LogP contribution in [0.2, 0.25) is 5.02 Å². The quantitative estimate of drug-likeness (QED) is 0.794. The number of halogens is 1. The number of anilines is 2. The van der Waals surface area contributed by atoms with Gasteiger partial charge >= 0.3 is 0 Å². The van der Waals surface area contributed by atoms with Crippen molar-refractivity contribution in [3.8, 4) is 0 Å². The smallest absolute Gasteiger partial charge is 0.252 e. The van der Waals surface area contributed by atoms with Crippen LogP contribution >= 0.6 is 11.6 Å². The van der Waals surface area contributed by atoms with Crippen molar-refractivity contribution in [2.45, 2.75) is 19.6 Å². The van der Waals surface area contributed by atoms with Crippen LogP contribution in [-0.2, 0) is 11.3 Å². The number of para-hydroxylation sites is 2. The topological polar surface area (TPSA) is 61.4 Å². The molecule has 0 heterocycles. The van der Waals surface area contributed by atoms with Gasteiger partial charge in [0.15, 0.2) is 0 Å². The van der Waals surface area contributed by atoms with E-state index in [1.807, 2.05) is 42.5 Å². The lowest BCUT2D eigenvalue weighted by molar-refractivity contribution is -0.123. The van der Waals surface area contributed by atoms with Gasteiger partial charge in [0.2, 0.25) is 0 Å². The van der Waals surface area contributed by atoms with Crippen molar-refractivity contribution < 1.29 is 9.90 Å². The van der Waals surface area contributed by atoms with E-state index in [1.54, 1.807) is 6.07 Å². The normalized spacial score (nSPS) is 11.8. The summed E-state index contributed by atoms with van der Waals surface area (Å²) in [6.07, 6.45) is -1.05. The van der Waals surface area contributed by atoms with Gasteiger partial charge in [0.1, 0.15) is 6.10 Å². The number of benzene rings is 2. The molecule has 1 atom stereocenters. The molecule has 21 heavy (non-hydrogen) atoms. The third-order valence-corrected chi connectivity index (χ3v) is 3.21.